The molecule has 2 saturated heterocycles. The average Bonchev–Trinajstić information content (AvgIpc) is 2.71. The van der Waals surface area contributed by atoms with Crippen molar-refractivity contribution in [2.24, 2.45) is 5.41 Å². The maximum Gasteiger partial charge on any atom is 0.227 e. The number of likely N-dealkylation sites (tertiary alicyclic amines) is 1. The van der Waals surface area contributed by atoms with Crippen molar-refractivity contribution in [2.45, 2.75) is 31.8 Å². The minimum Gasteiger partial charge on any atom is -0.388 e. The molecule has 0 spiro atoms. The number of nitrogens with zero attached hydrogens (tertiary/aromatic N) is 1. The number of hydrogen-bond donors (Lipinski definition) is 3. The van der Waals surface area contributed by atoms with E-state index in [0.29, 0.717) is 6.54 Å². The van der Waals surface area contributed by atoms with Crippen LogP contribution in [0.5, 0.6) is 0 Å². The highest BCUT2D eigenvalue weighted by Crippen LogP contribution is 2.32. The molecule has 0 radical (unpaired) electrons. The molecule has 0 aromatic carbocycles. The highest BCUT2D eigenvalue weighted by molar-refractivity contribution is 5.82. The molecule has 0 aromatic heterocycles. The Morgan fingerprint density at radius 2 is 2.06 bits per heavy atom. The number of carbonyl (C=O) groups excluding carboxylic acids is 1. The second-order valence-electron chi connectivity index (χ2n) is 6.07. The van der Waals surface area contributed by atoms with Crippen LogP contribution in [0.15, 0.2) is 0 Å². The molecule has 5 nitrogen and oxygen atoms in total. The largest absolute Gasteiger partial charge is 0.388 e. The lowest BCUT2D eigenvalue weighted by Gasteiger charge is -2.36. The number of β-amino-alcohol motifs (C(OH)–C–C–N with tert-alkyl or cyclic N) is 1. The van der Waals surface area contributed by atoms with Crippen LogP contribution in [0.3, 0.4) is 0 Å². The van der Waals surface area contributed by atoms with Crippen LogP contribution in [-0.4, -0.2) is 61.3 Å². The van der Waals surface area contributed by atoms with E-state index in [0.717, 1.165) is 45.4 Å². The third kappa shape index (κ3) is 2.84. The van der Waals surface area contributed by atoms with Gasteiger partial charge in [0.2, 0.25) is 5.91 Å². The maximum atomic E-state index is 11.8. The van der Waals surface area contributed by atoms with Gasteiger partial charge in [0.15, 0.2) is 0 Å². The van der Waals surface area contributed by atoms with E-state index in [2.05, 4.69) is 15.5 Å². The molecule has 1 atom stereocenters. The van der Waals surface area contributed by atoms with Crippen LogP contribution >= 0.6 is 0 Å². The van der Waals surface area contributed by atoms with Crippen LogP contribution in [0, 0.1) is 5.41 Å². The van der Waals surface area contributed by atoms with Gasteiger partial charge in [-0.05, 0) is 45.8 Å². The Morgan fingerprint density at radius 3 is 2.67 bits per heavy atom. The molecule has 104 valence electrons. The Bertz CT molecular complexity index is 315. The molecule has 3 N–H and O–H groups in total. The van der Waals surface area contributed by atoms with E-state index in [1.807, 2.05) is 6.92 Å². The second-order valence-corrected chi connectivity index (χ2v) is 6.07. The van der Waals surface area contributed by atoms with E-state index < -0.39 is 5.60 Å². The van der Waals surface area contributed by atoms with Crippen molar-refractivity contribution in [2.75, 3.05) is 39.8 Å². The van der Waals surface area contributed by atoms with E-state index in [1.54, 1.807) is 7.05 Å². The number of carbonyl (C=O) groups is 1. The van der Waals surface area contributed by atoms with E-state index >= 15 is 0 Å². The molecule has 0 aliphatic carbocycles. The zero-order chi connectivity index (χ0) is 13.2. The quantitative estimate of drug-likeness (QED) is 0.640. The normalized spacial score (nSPS) is 32.4. The molecule has 2 aliphatic rings. The summed E-state index contributed by atoms with van der Waals surface area (Å²) >= 11 is 0. The minimum atomic E-state index is -0.570. The van der Waals surface area contributed by atoms with Crippen LogP contribution in [0.1, 0.15) is 26.2 Å². The molecule has 5 heteroatoms. The Kier molecular flexibility index (Phi) is 3.94. The van der Waals surface area contributed by atoms with Crippen LogP contribution in [0.2, 0.25) is 0 Å². The third-order valence-electron chi connectivity index (χ3n) is 4.38. The van der Waals surface area contributed by atoms with Gasteiger partial charge in [0.1, 0.15) is 0 Å². The fourth-order valence-electron chi connectivity index (χ4n) is 3.15. The number of piperidine rings is 1. The summed E-state index contributed by atoms with van der Waals surface area (Å²) in [6.07, 6.45) is 2.49. The maximum absolute atomic E-state index is 11.8. The van der Waals surface area contributed by atoms with Crippen molar-refractivity contribution < 1.29 is 9.90 Å². The lowest BCUT2D eigenvalue weighted by molar-refractivity contribution is -0.129. The van der Waals surface area contributed by atoms with Crippen molar-refractivity contribution in [3.63, 3.8) is 0 Å². The van der Waals surface area contributed by atoms with Crippen molar-refractivity contribution in [1.82, 2.24) is 15.5 Å². The molecular weight excluding hydrogens is 230 g/mol. The number of rotatable bonds is 3. The molecule has 2 aliphatic heterocycles. The minimum absolute atomic E-state index is 0.113. The van der Waals surface area contributed by atoms with Crippen LogP contribution in [0.25, 0.3) is 0 Å². The van der Waals surface area contributed by atoms with Gasteiger partial charge in [0, 0.05) is 20.1 Å². The summed E-state index contributed by atoms with van der Waals surface area (Å²) in [6, 6.07) is 0. The van der Waals surface area contributed by atoms with Crippen molar-refractivity contribution >= 4 is 5.91 Å². The van der Waals surface area contributed by atoms with E-state index in [4.69, 9.17) is 0 Å². The standard InChI is InChI=1S/C13H25N3O2/c1-12(11(17)14-2)5-8-16(9-12)10-13(18)3-6-15-7-4-13/h15,18H,3-10H2,1-2H3,(H,14,17). The summed E-state index contributed by atoms with van der Waals surface area (Å²) in [7, 11) is 1.69. The van der Waals surface area contributed by atoms with Gasteiger partial charge in [-0.15, -0.1) is 0 Å². The SMILES string of the molecule is CNC(=O)C1(C)CCN(CC2(O)CCNCC2)C1. The van der Waals surface area contributed by atoms with E-state index in [-0.39, 0.29) is 11.3 Å². The van der Waals surface area contributed by atoms with Gasteiger partial charge in [0.05, 0.1) is 11.0 Å². The Balaban J connectivity index is 1.91. The first-order valence-electron chi connectivity index (χ1n) is 6.85. The Labute approximate surface area is 109 Å². The van der Waals surface area contributed by atoms with Crippen molar-refractivity contribution in [3.05, 3.63) is 0 Å². The topological polar surface area (TPSA) is 64.6 Å². The number of nitrogens with one attached hydrogen (secondary N) is 2. The first-order valence-corrected chi connectivity index (χ1v) is 6.85. The highest BCUT2D eigenvalue weighted by atomic mass is 16.3. The summed E-state index contributed by atoms with van der Waals surface area (Å²) in [5, 5.41) is 16.5. The molecule has 2 rings (SSSR count). The molecule has 18 heavy (non-hydrogen) atoms. The highest BCUT2D eigenvalue weighted by Gasteiger charge is 2.42. The molecule has 2 fully saturated rings. The smallest absolute Gasteiger partial charge is 0.227 e. The number of aliphatic hydroxyl groups is 1. The van der Waals surface area contributed by atoms with Gasteiger partial charge < -0.3 is 15.7 Å². The Morgan fingerprint density at radius 1 is 1.39 bits per heavy atom. The average molecular weight is 255 g/mol. The van der Waals surface area contributed by atoms with Crippen LogP contribution in [0.4, 0.5) is 0 Å². The predicted molar refractivity (Wildman–Crippen MR) is 70.3 cm³/mol. The summed E-state index contributed by atoms with van der Waals surface area (Å²) in [5.41, 5.74) is -0.864. The molecule has 1 unspecified atom stereocenters. The molecule has 0 aromatic rings. The third-order valence-corrected chi connectivity index (χ3v) is 4.38. The first-order chi connectivity index (χ1) is 8.47. The van der Waals surface area contributed by atoms with Crippen molar-refractivity contribution in [1.29, 1.82) is 0 Å². The predicted octanol–water partition coefficient (Wildman–Crippen LogP) is -0.441. The summed E-state index contributed by atoms with van der Waals surface area (Å²) in [6.45, 7) is 6.13. The monoisotopic (exact) mass is 255 g/mol. The fraction of sp³-hybridized carbons (Fsp3) is 0.923. The van der Waals surface area contributed by atoms with Gasteiger partial charge >= 0.3 is 0 Å². The number of hydrogen-bond acceptors (Lipinski definition) is 4. The van der Waals surface area contributed by atoms with E-state index in [9.17, 15) is 9.90 Å². The Hall–Kier alpha value is -0.650. The molecule has 2 heterocycles. The fourth-order valence-corrected chi connectivity index (χ4v) is 3.15. The van der Waals surface area contributed by atoms with Crippen LogP contribution < -0.4 is 10.6 Å². The van der Waals surface area contributed by atoms with Gasteiger partial charge in [-0.2, -0.15) is 0 Å². The number of amides is 1. The summed E-state index contributed by atoms with van der Waals surface area (Å²) in [5.74, 6) is 0.113. The molecule has 1 amide bonds. The zero-order valence-corrected chi connectivity index (χ0v) is 11.5. The summed E-state index contributed by atoms with van der Waals surface area (Å²) < 4.78 is 0. The molecule has 0 bridgehead atoms. The zero-order valence-electron chi connectivity index (χ0n) is 11.5. The second kappa shape index (κ2) is 5.15. The van der Waals surface area contributed by atoms with Crippen molar-refractivity contribution in [3.8, 4) is 0 Å². The lowest BCUT2D eigenvalue weighted by atomic mass is 9.88. The van der Waals surface area contributed by atoms with E-state index in [1.165, 1.54) is 0 Å². The molecule has 0 saturated carbocycles. The van der Waals surface area contributed by atoms with Gasteiger partial charge in [0.25, 0.3) is 0 Å². The van der Waals surface area contributed by atoms with Crippen LogP contribution in [-0.2, 0) is 4.79 Å². The van der Waals surface area contributed by atoms with Gasteiger partial charge in [-0.1, -0.05) is 0 Å². The lowest BCUT2D eigenvalue weighted by Crippen LogP contribution is -2.50. The summed E-state index contributed by atoms with van der Waals surface area (Å²) in [4.78, 5) is 14.1. The first kappa shape index (κ1) is 13.8. The van der Waals surface area contributed by atoms with Gasteiger partial charge in [-0.3, -0.25) is 9.69 Å². The molecular formula is C13H25N3O2. The van der Waals surface area contributed by atoms with Gasteiger partial charge in [-0.25, -0.2) is 0 Å².